The van der Waals surface area contributed by atoms with E-state index in [0.717, 1.165) is 32.7 Å². The number of morpholine rings is 1. The molecule has 0 bridgehead atoms. The maximum atomic E-state index is 9.13. The molecule has 1 fully saturated rings. The van der Waals surface area contributed by atoms with Crippen LogP contribution < -0.4 is 0 Å². The van der Waals surface area contributed by atoms with Crippen molar-refractivity contribution >= 4 is 0 Å². The van der Waals surface area contributed by atoms with E-state index in [9.17, 15) is 0 Å². The number of hydrogen-bond acceptors (Lipinski definition) is 3. The second-order valence-corrected chi connectivity index (χ2v) is 5.92. The van der Waals surface area contributed by atoms with Crippen LogP contribution in [0, 0.1) is 5.92 Å². The molecule has 0 saturated carbocycles. The largest absolute Gasteiger partial charge is 0.395 e. The average Bonchev–Trinajstić information content (AvgIpc) is 2.47. The molecule has 2 atom stereocenters. The first-order valence-electron chi connectivity index (χ1n) is 8.33. The molecule has 1 aliphatic heterocycles. The van der Waals surface area contributed by atoms with Crippen LogP contribution in [-0.4, -0.2) is 49.0 Å². The minimum atomic E-state index is 0.252. The van der Waals surface area contributed by atoms with Crippen molar-refractivity contribution in [3.8, 4) is 0 Å². The Hall–Kier alpha value is -0.380. The minimum Gasteiger partial charge on any atom is -0.395 e. The summed E-state index contributed by atoms with van der Waals surface area (Å²) in [5.74, 6) is 0.695. The zero-order chi connectivity index (χ0) is 14.8. The lowest BCUT2D eigenvalue weighted by Gasteiger charge is -2.35. The Morgan fingerprint density at radius 2 is 2.20 bits per heavy atom. The monoisotopic (exact) mass is 283 g/mol. The molecular weight excluding hydrogens is 250 g/mol. The molecule has 1 aliphatic rings. The van der Waals surface area contributed by atoms with Gasteiger partial charge >= 0.3 is 0 Å². The van der Waals surface area contributed by atoms with Crippen molar-refractivity contribution in [3.63, 3.8) is 0 Å². The fourth-order valence-electron chi connectivity index (χ4n) is 3.17. The van der Waals surface area contributed by atoms with Crippen molar-refractivity contribution in [1.29, 1.82) is 0 Å². The van der Waals surface area contributed by atoms with Gasteiger partial charge in [-0.25, -0.2) is 0 Å². The standard InChI is InChI=1S/C17H33NO2/c1-4-7-16(15(3)5-2)8-6-9-17-14-20-13-11-18(17)10-12-19/h16-17,19H,3-14H2,1-2H3. The Morgan fingerprint density at radius 1 is 1.40 bits per heavy atom. The van der Waals surface area contributed by atoms with Gasteiger partial charge in [0.2, 0.25) is 0 Å². The Morgan fingerprint density at radius 3 is 2.85 bits per heavy atom. The molecule has 3 heteroatoms. The van der Waals surface area contributed by atoms with Gasteiger partial charge in [-0.15, -0.1) is 0 Å². The van der Waals surface area contributed by atoms with E-state index in [2.05, 4.69) is 25.3 Å². The predicted molar refractivity (Wildman–Crippen MR) is 84.9 cm³/mol. The second-order valence-electron chi connectivity index (χ2n) is 5.92. The van der Waals surface area contributed by atoms with E-state index < -0.39 is 0 Å². The van der Waals surface area contributed by atoms with E-state index >= 15 is 0 Å². The zero-order valence-corrected chi connectivity index (χ0v) is 13.4. The summed E-state index contributed by atoms with van der Waals surface area (Å²) in [4.78, 5) is 2.38. The normalized spacial score (nSPS) is 21.9. The number of allylic oxidation sites excluding steroid dienone is 1. The highest BCUT2D eigenvalue weighted by atomic mass is 16.5. The number of rotatable bonds is 10. The van der Waals surface area contributed by atoms with Crippen molar-refractivity contribution in [2.75, 3.05) is 32.9 Å². The molecule has 0 aromatic carbocycles. The summed E-state index contributed by atoms with van der Waals surface area (Å²) in [6.45, 7) is 12.3. The summed E-state index contributed by atoms with van der Waals surface area (Å²) < 4.78 is 5.59. The van der Waals surface area contributed by atoms with Crippen LogP contribution in [0.1, 0.15) is 52.4 Å². The summed E-state index contributed by atoms with van der Waals surface area (Å²) >= 11 is 0. The average molecular weight is 283 g/mol. The van der Waals surface area contributed by atoms with E-state index in [0.29, 0.717) is 12.0 Å². The summed E-state index contributed by atoms with van der Waals surface area (Å²) in [5, 5.41) is 9.13. The third-order valence-corrected chi connectivity index (χ3v) is 4.50. The Kier molecular flexibility index (Phi) is 9.16. The number of aliphatic hydroxyl groups is 1. The molecule has 1 N–H and O–H groups in total. The third-order valence-electron chi connectivity index (χ3n) is 4.50. The smallest absolute Gasteiger partial charge is 0.0622 e. The van der Waals surface area contributed by atoms with E-state index in [1.807, 2.05) is 0 Å². The van der Waals surface area contributed by atoms with Gasteiger partial charge in [0.15, 0.2) is 0 Å². The lowest BCUT2D eigenvalue weighted by molar-refractivity contribution is -0.0173. The van der Waals surface area contributed by atoms with E-state index in [1.165, 1.54) is 37.7 Å². The molecule has 20 heavy (non-hydrogen) atoms. The fraction of sp³-hybridized carbons (Fsp3) is 0.882. The number of aliphatic hydroxyl groups excluding tert-OH is 1. The molecule has 1 heterocycles. The molecule has 3 nitrogen and oxygen atoms in total. The van der Waals surface area contributed by atoms with Crippen LogP contribution in [0.25, 0.3) is 0 Å². The number of β-amino-alcohol motifs (C(OH)–C–C–N with tert-alkyl or cyclic N) is 1. The Balaban J connectivity index is 2.34. The van der Waals surface area contributed by atoms with Crippen molar-refractivity contribution < 1.29 is 9.84 Å². The highest BCUT2D eigenvalue weighted by Crippen LogP contribution is 2.25. The van der Waals surface area contributed by atoms with Gasteiger partial charge in [-0.3, -0.25) is 4.90 Å². The molecule has 0 amide bonds. The van der Waals surface area contributed by atoms with Gasteiger partial charge in [0.05, 0.1) is 19.8 Å². The minimum absolute atomic E-state index is 0.252. The maximum Gasteiger partial charge on any atom is 0.0622 e. The van der Waals surface area contributed by atoms with E-state index in [4.69, 9.17) is 9.84 Å². The third kappa shape index (κ3) is 5.94. The molecule has 1 saturated heterocycles. The molecule has 0 radical (unpaired) electrons. The van der Waals surface area contributed by atoms with E-state index in [1.54, 1.807) is 0 Å². The van der Waals surface area contributed by atoms with Crippen LogP contribution in [0.3, 0.4) is 0 Å². The van der Waals surface area contributed by atoms with Crippen molar-refractivity contribution in [1.82, 2.24) is 4.90 Å². The maximum absolute atomic E-state index is 9.13. The first-order chi connectivity index (χ1) is 9.72. The lowest BCUT2D eigenvalue weighted by Crippen LogP contribution is -2.46. The van der Waals surface area contributed by atoms with Crippen LogP contribution in [0.2, 0.25) is 0 Å². The molecule has 2 unspecified atom stereocenters. The first-order valence-corrected chi connectivity index (χ1v) is 8.33. The van der Waals surface area contributed by atoms with Gasteiger partial charge in [-0.2, -0.15) is 0 Å². The van der Waals surface area contributed by atoms with Crippen LogP contribution in [0.5, 0.6) is 0 Å². The van der Waals surface area contributed by atoms with Crippen LogP contribution in [0.15, 0.2) is 12.2 Å². The van der Waals surface area contributed by atoms with Gasteiger partial charge < -0.3 is 9.84 Å². The molecule has 0 aromatic heterocycles. The molecule has 118 valence electrons. The molecule has 0 aliphatic carbocycles. The lowest BCUT2D eigenvalue weighted by atomic mass is 9.88. The van der Waals surface area contributed by atoms with Crippen molar-refractivity contribution in [2.45, 2.75) is 58.4 Å². The number of ether oxygens (including phenoxy) is 1. The topological polar surface area (TPSA) is 32.7 Å². The van der Waals surface area contributed by atoms with Gasteiger partial charge in [0.25, 0.3) is 0 Å². The predicted octanol–water partition coefficient (Wildman–Crippen LogP) is 3.23. The SMILES string of the molecule is C=C(CC)C(CCC)CCCC1COCCN1CCO. The summed E-state index contributed by atoms with van der Waals surface area (Å²) in [5.41, 5.74) is 1.42. The van der Waals surface area contributed by atoms with Crippen LogP contribution in [-0.2, 0) is 4.74 Å². The van der Waals surface area contributed by atoms with Crippen LogP contribution in [0.4, 0.5) is 0 Å². The van der Waals surface area contributed by atoms with Gasteiger partial charge in [0.1, 0.15) is 0 Å². The second kappa shape index (κ2) is 10.4. The van der Waals surface area contributed by atoms with Gasteiger partial charge in [-0.05, 0) is 31.6 Å². The van der Waals surface area contributed by atoms with Crippen LogP contribution >= 0.6 is 0 Å². The molecule has 0 spiro atoms. The van der Waals surface area contributed by atoms with Crippen molar-refractivity contribution in [3.05, 3.63) is 12.2 Å². The molecular formula is C17H33NO2. The summed E-state index contributed by atoms with van der Waals surface area (Å²) in [7, 11) is 0. The first kappa shape index (κ1) is 17.7. The molecule has 0 aromatic rings. The summed E-state index contributed by atoms with van der Waals surface area (Å²) in [6, 6.07) is 0.494. The quantitative estimate of drug-likeness (QED) is 0.625. The number of nitrogens with zero attached hydrogens (tertiary/aromatic N) is 1. The highest BCUT2D eigenvalue weighted by molar-refractivity contribution is 4.99. The Labute approximate surface area is 125 Å². The van der Waals surface area contributed by atoms with Gasteiger partial charge in [0, 0.05) is 19.1 Å². The van der Waals surface area contributed by atoms with Crippen molar-refractivity contribution in [2.24, 2.45) is 5.92 Å². The van der Waals surface area contributed by atoms with Gasteiger partial charge in [-0.1, -0.05) is 38.8 Å². The highest BCUT2D eigenvalue weighted by Gasteiger charge is 2.22. The summed E-state index contributed by atoms with van der Waals surface area (Å²) in [6.07, 6.45) is 7.29. The molecule has 1 rings (SSSR count). The zero-order valence-electron chi connectivity index (χ0n) is 13.4. The Bertz CT molecular complexity index is 266. The van der Waals surface area contributed by atoms with E-state index in [-0.39, 0.29) is 6.61 Å². The fourth-order valence-corrected chi connectivity index (χ4v) is 3.17. The number of hydrogen-bond donors (Lipinski definition) is 1.